The van der Waals surface area contributed by atoms with Crippen molar-refractivity contribution >= 4 is 23.3 Å². The molecule has 2 N–H and O–H groups in total. The Bertz CT molecular complexity index is 1340. The van der Waals surface area contributed by atoms with Crippen molar-refractivity contribution in [3.05, 3.63) is 88.1 Å². The molecule has 1 aromatic heterocycles. The minimum Gasteiger partial charge on any atom is -0.495 e. The molecule has 0 radical (unpaired) electrons. The van der Waals surface area contributed by atoms with Crippen LogP contribution in [0.15, 0.2) is 65.5 Å². The number of pyridine rings is 1. The van der Waals surface area contributed by atoms with E-state index in [1.807, 2.05) is 6.07 Å². The van der Waals surface area contributed by atoms with Gasteiger partial charge in [-0.15, -0.1) is 0 Å². The number of carbonyl (C=O) groups excluding carboxylic acids is 2. The molecule has 35 heavy (non-hydrogen) atoms. The molecule has 5 rings (SSSR count). The van der Waals surface area contributed by atoms with E-state index >= 15 is 0 Å². The van der Waals surface area contributed by atoms with Crippen LogP contribution < -0.4 is 20.9 Å². The third-order valence-electron chi connectivity index (χ3n) is 6.59. The summed E-state index contributed by atoms with van der Waals surface area (Å²) in [6.07, 6.45) is 0.883. The summed E-state index contributed by atoms with van der Waals surface area (Å²) in [4.78, 5) is 40.5. The zero-order chi connectivity index (χ0) is 24.5. The third-order valence-corrected chi connectivity index (χ3v) is 6.59. The Labute approximate surface area is 201 Å². The standard InChI is InChI=1S/C26H25FN4O4/c1-35-23-5-3-2-4-20(23)28-26(34)29-21-10-11-22-18-12-16(14-31(22)25(21)33)13-30(15-18)24(32)17-6-8-19(27)9-7-17/h2-11,16,18H,12-15H2,1H3,(H2,28,29,34)/t16-,18+/m0/s1. The first-order valence-corrected chi connectivity index (χ1v) is 11.4. The lowest BCUT2D eigenvalue weighted by Crippen LogP contribution is -2.49. The number of amides is 3. The number of para-hydroxylation sites is 2. The van der Waals surface area contributed by atoms with Crippen molar-refractivity contribution in [2.24, 2.45) is 5.92 Å². The van der Waals surface area contributed by atoms with Crippen LogP contribution in [0.3, 0.4) is 0 Å². The van der Waals surface area contributed by atoms with Gasteiger partial charge in [-0.05, 0) is 60.9 Å². The van der Waals surface area contributed by atoms with E-state index in [-0.39, 0.29) is 34.8 Å². The summed E-state index contributed by atoms with van der Waals surface area (Å²) in [5, 5.41) is 5.35. The normalized spacial score (nSPS) is 18.4. The number of urea groups is 1. The number of fused-ring (bicyclic) bond motifs is 4. The van der Waals surface area contributed by atoms with Crippen molar-refractivity contribution in [1.82, 2.24) is 9.47 Å². The van der Waals surface area contributed by atoms with Crippen LogP contribution in [0.2, 0.25) is 0 Å². The number of hydrogen-bond acceptors (Lipinski definition) is 4. The van der Waals surface area contributed by atoms with Gasteiger partial charge in [-0.2, -0.15) is 0 Å². The van der Waals surface area contributed by atoms with Gasteiger partial charge in [0.2, 0.25) is 0 Å². The summed E-state index contributed by atoms with van der Waals surface area (Å²) in [7, 11) is 1.51. The Hall–Kier alpha value is -4.14. The lowest BCUT2D eigenvalue weighted by atomic mass is 9.83. The van der Waals surface area contributed by atoms with Crippen LogP contribution in [-0.2, 0) is 6.54 Å². The molecule has 3 amide bonds. The van der Waals surface area contributed by atoms with E-state index < -0.39 is 6.03 Å². The minimum absolute atomic E-state index is 0.0102. The number of rotatable bonds is 4. The van der Waals surface area contributed by atoms with Gasteiger partial charge < -0.3 is 24.8 Å². The van der Waals surface area contributed by atoms with E-state index in [9.17, 15) is 18.8 Å². The average Bonchev–Trinajstić information content (AvgIpc) is 2.86. The van der Waals surface area contributed by atoms with Gasteiger partial charge >= 0.3 is 6.03 Å². The quantitative estimate of drug-likeness (QED) is 0.598. The fraction of sp³-hybridized carbons (Fsp3) is 0.269. The Morgan fingerprint density at radius 2 is 1.69 bits per heavy atom. The topological polar surface area (TPSA) is 92.7 Å². The monoisotopic (exact) mass is 476 g/mol. The number of ether oxygens (including phenoxy) is 1. The molecule has 180 valence electrons. The molecule has 2 aliphatic heterocycles. The summed E-state index contributed by atoms with van der Waals surface area (Å²) in [6, 6.07) is 15.5. The van der Waals surface area contributed by atoms with Crippen molar-refractivity contribution in [2.75, 3.05) is 30.8 Å². The number of carbonyl (C=O) groups is 2. The van der Waals surface area contributed by atoms with Crippen LogP contribution in [-0.4, -0.2) is 41.6 Å². The van der Waals surface area contributed by atoms with E-state index in [2.05, 4.69) is 10.6 Å². The molecule has 3 aromatic rings. The van der Waals surface area contributed by atoms with Gasteiger partial charge in [0, 0.05) is 36.8 Å². The third kappa shape index (κ3) is 4.49. The minimum atomic E-state index is -0.542. The van der Waals surface area contributed by atoms with Crippen LogP contribution in [0.4, 0.5) is 20.6 Å². The molecule has 0 spiro atoms. The van der Waals surface area contributed by atoms with Crippen molar-refractivity contribution in [3.8, 4) is 5.75 Å². The second kappa shape index (κ2) is 9.25. The molecule has 3 heterocycles. The zero-order valence-corrected chi connectivity index (χ0v) is 19.2. The largest absolute Gasteiger partial charge is 0.495 e. The van der Waals surface area contributed by atoms with Crippen molar-refractivity contribution in [2.45, 2.75) is 18.9 Å². The number of halogens is 1. The van der Waals surface area contributed by atoms with Gasteiger partial charge in [-0.25, -0.2) is 9.18 Å². The number of hydrogen-bond donors (Lipinski definition) is 2. The highest BCUT2D eigenvalue weighted by Crippen LogP contribution is 2.36. The van der Waals surface area contributed by atoms with Crippen LogP contribution in [0.5, 0.6) is 5.75 Å². The molecular weight excluding hydrogens is 451 g/mol. The first-order valence-electron chi connectivity index (χ1n) is 11.4. The van der Waals surface area contributed by atoms with Gasteiger partial charge in [0.05, 0.1) is 12.8 Å². The Kier molecular flexibility index (Phi) is 5.98. The molecule has 2 aromatic carbocycles. The second-order valence-electron chi connectivity index (χ2n) is 8.88. The number of nitrogens with one attached hydrogen (secondary N) is 2. The number of likely N-dealkylation sites (tertiary alicyclic amines) is 1. The molecule has 2 aliphatic rings. The molecule has 1 saturated heterocycles. The fourth-order valence-corrected chi connectivity index (χ4v) is 5.01. The van der Waals surface area contributed by atoms with E-state index in [1.165, 1.54) is 31.4 Å². The van der Waals surface area contributed by atoms with Crippen molar-refractivity contribution in [3.63, 3.8) is 0 Å². The summed E-state index contributed by atoms with van der Waals surface area (Å²) in [5.74, 6) is 0.114. The van der Waals surface area contributed by atoms with Gasteiger partial charge in [-0.1, -0.05) is 12.1 Å². The molecule has 9 heteroatoms. The molecule has 8 nitrogen and oxygen atoms in total. The number of piperidine rings is 1. The SMILES string of the molecule is COc1ccccc1NC(=O)Nc1ccc2n(c1=O)C[C@H]1C[C@@H]2CN(C(=O)c2ccc(F)cc2)C1. The molecule has 0 saturated carbocycles. The van der Waals surface area contributed by atoms with Crippen LogP contribution >= 0.6 is 0 Å². The lowest BCUT2D eigenvalue weighted by Gasteiger charge is -2.43. The predicted molar refractivity (Wildman–Crippen MR) is 129 cm³/mol. The number of anilines is 2. The molecule has 0 aliphatic carbocycles. The van der Waals surface area contributed by atoms with E-state index in [0.717, 1.165) is 12.1 Å². The highest BCUT2D eigenvalue weighted by Gasteiger charge is 2.37. The summed E-state index contributed by atoms with van der Waals surface area (Å²) < 4.78 is 20.2. The van der Waals surface area contributed by atoms with E-state index in [4.69, 9.17) is 4.74 Å². The van der Waals surface area contributed by atoms with Crippen LogP contribution in [0.1, 0.15) is 28.4 Å². The fourth-order valence-electron chi connectivity index (χ4n) is 5.01. The summed E-state index contributed by atoms with van der Waals surface area (Å²) >= 11 is 0. The second-order valence-corrected chi connectivity index (χ2v) is 8.88. The number of nitrogens with zero attached hydrogens (tertiary/aromatic N) is 2. The Morgan fingerprint density at radius 1 is 0.943 bits per heavy atom. The van der Waals surface area contributed by atoms with Gasteiger partial charge in [0.25, 0.3) is 11.5 Å². The summed E-state index contributed by atoms with van der Waals surface area (Å²) in [5.41, 5.74) is 1.69. The van der Waals surface area contributed by atoms with Crippen LogP contribution in [0.25, 0.3) is 0 Å². The van der Waals surface area contributed by atoms with Gasteiger partial charge in [-0.3, -0.25) is 9.59 Å². The van der Waals surface area contributed by atoms with E-state index in [0.29, 0.717) is 36.6 Å². The van der Waals surface area contributed by atoms with Crippen molar-refractivity contribution < 1.29 is 18.7 Å². The molecule has 0 unspecified atom stereocenters. The number of aromatic nitrogens is 1. The lowest BCUT2D eigenvalue weighted by molar-refractivity contribution is 0.0594. The average molecular weight is 477 g/mol. The van der Waals surface area contributed by atoms with E-state index in [1.54, 1.807) is 39.8 Å². The van der Waals surface area contributed by atoms with Crippen LogP contribution in [0, 0.1) is 11.7 Å². The maximum absolute atomic E-state index is 13.2. The molecular formula is C26H25FN4O4. The maximum Gasteiger partial charge on any atom is 0.323 e. The van der Waals surface area contributed by atoms with Gasteiger partial charge in [0.1, 0.15) is 17.3 Å². The predicted octanol–water partition coefficient (Wildman–Crippen LogP) is 3.90. The molecule has 2 bridgehead atoms. The highest BCUT2D eigenvalue weighted by atomic mass is 19.1. The highest BCUT2D eigenvalue weighted by molar-refractivity contribution is 6.00. The van der Waals surface area contributed by atoms with Gasteiger partial charge in [0.15, 0.2) is 0 Å². The Balaban J connectivity index is 1.32. The Morgan fingerprint density at radius 3 is 2.46 bits per heavy atom. The zero-order valence-electron chi connectivity index (χ0n) is 19.2. The number of benzene rings is 2. The first-order chi connectivity index (χ1) is 16.9. The molecule has 2 atom stereocenters. The summed E-state index contributed by atoms with van der Waals surface area (Å²) in [6.45, 7) is 1.46. The number of methoxy groups -OCH3 is 1. The molecule has 1 fully saturated rings. The maximum atomic E-state index is 13.2. The van der Waals surface area contributed by atoms with Crippen molar-refractivity contribution in [1.29, 1.82) is 0 Å². The smallest absolute Gasteiger partial charge is 0.323 e. The first kappa shape index (κ1) is 22.6.